The van der Waals surface area contributed by atoms with E-state index in [2.05, 4.69) is 15.0 Å². The lowest BCUT2D eigenvalue weighted by atomic mass is 10.0. The number of fused-ring (bicyclic) bond motifs is 1. The first-order valence-corrected chi connectivity index (χ1v) is 6.05. The highest BCUT2D eigenvalue weighted by Crippen LogP contribution is 2.23. The molecule has 0 saturated carbocycles. The highest BCUT2D eigenvalue weighted by molar-refractivity contribution is 5.79. The van der Waals surface area contributed by atoms with E-state index in [1.807, 2.05) is 37.3 Å². The number of aliphatic hydroxyl groups excluding tert-OH is 1. The summed E-state index contributed by atoms with van der Waals surface area (Å²) in [6.07, 6.45) is 4.25. The molecule has 0 saturated heterocycles. The van der Waals surface area contributed by atoms with Gasteiger partial charge in [0, 0.05) is 17.8 Å². The van der Waals surface area contributed by atoms with Crippen LogP contribution in [0.4, 0.5) is 0 Å². The average molecular weight is 251 g/mol. The zero-order chi connectivity index (χ0) is 13.2. The normalized spacial score (nSPS) is 12.5. The van der Waals surface area contributed by atoms with Crippen LogP contribution in [-0.4, -0.2) is 20.1 Å². The minimum atomic E-state index is -0.766. The van der Waals surface area contributed by atoms with Gasteiger partial charge in [-0.2, -0.15) is 0 Å². The van der Waals surface area contributed by atoms with Gasteiger partial charge in [-0.25, -0.2) is 0 Å². The lowest BCUT2D eigenvalue weighted by Gasteiger charge is -2.11. The van der Waals surface area contributed by atoms with E-state index >= 15 is 0 Å². The van der Waals surface area contributed by atoms with Gasteiger partial charge in [0.1, 0.15) is 6.10 Å². The lowest BCUT2D eigenvalue weighted by molar-refractivity contribution is 0.215. The number of rotatable bonds is 2. The molecule has 1 aromatic carbocycles. The van der Waals surface area contributed by atoms with Crippen LogP contribution in [0.25, 0.3) is 10.9 Å². The van der Waals surface area contributed by atoms with Crippen molar-refractivity contribution in [3.63, 3.8) is 0 Å². The number of aliphatic hydroxyl groups is 1. The van der Waals surface area contributed by atoms with Crippen LogP contribution in [-0.2, 0) is 0 Å². The van der Waals surface area contributed by atoms with Gasteiger partial charge in [0.15, 0.2) is 0 Å². The van der Waals surface area contributed by atoms with Crippen molar-refractivity contribution < 1.29 is 5.11 Å². The van der Waals surface area contributed by atoms with Crippen molar-refractivity contribution in [3.8, 4) is 0 Å². The number of hydrogen-bond acceptors (Lipinski definition) is 4. The third-order valence-electron chi connectivity index (χ3n) is 3.02. The number of aryl methyl sites for hydroxylation is 1. The Morgan fingerprint density at radius 1 is 1.05 bits per heavy atom. The molecule has 1 N–H and O–H groups in total. The Morgan fingerprint density at radius 2 is 1.95 bits per heavy atom. The van der Waals surface area contributed by atoms with Crippen molar-refractivity contribution >= 4 is 10.9 Å². The molecule has 0 aliphatic heterocycles. The molecule has 19 heavy (non-hydrogen) atoms. The molecule has 0 bridgehead atoms. The summed E-state index contributed by atoms with van der Waals surface area (Å²) in [7, 11) is 0. The molecule has 2 heterocycles. The molecule has 3 aromatic rings. The maximum atomic E-state index is 10.3. The van der Waals surface area contributed by atoms with Gasteiger partial charge in [0.2, 0.25) is 0 Å². The molecule has 1 atom stereocenters. The zero-order valence-corrected chi connectivity index (χ0v) is 10.5. The molecule has 0 fully saturated rings. The van der Waals surface area contributed by atoms with Crippen LogP contribution in [0.5, 0.6) is 0 Å². The van der Waals surface area contributed by atoms with Crippen LogP contribution in [0.15, 0.2) is 48.9 Å². The van der Waals surface area contributed by atoms with Crippen molar-refractivity contribution in [2.24, 2.45) is 0 Å². The molecule has 0 amide bonds. The fourth-order valence-corrected chi connectivity index (χ4v) is 1.98. The summed E-state index contributed by atoms with van der Waals surface area (Å²) in [5.74, 6) is 0. The predicted molar refractivity (Wildman–Crippen MR) is 72.6 cm³/mol. The van der Waals surface area contributed by atoms with Crippen LogP contribution in [0, 0.1) is 6.92 Å². The summed E-state index contributed by atoms with van der Waals surface area (Å²) in [6.45, 7) is 1.87. The van der Waals surface area contributed by atoms with Gasteiger partial charge in [-0.05, 0) is 30.7 Å². The molecule has 0 spiro atoms. The molecular weight excluding hydrogens is 238 g/mol. The molecule has 94 valence electrons. The number of benzene rings is 1. The average Bonchev–Trinajstić information content (AvgIpc) is 2.47. The van der Waals surface area contributed by atoms with Gasteiger partial charge >= 0.3 is 0 Å². The minimum Gasteiger partial charge on any atom is -0.382 e. The maximum Gasteiger partial charge on any atom is 0.123 e. The molecular formula is C15H13N3O. The number of hydrogen-bond donors (Lipinski definition) is 1. The fraction of sp³-hybridized carbons (Fsp3) is 0.133. The second-order valence-electron chi connectivity index (χ2n) is 4.44. The molecule has 0 radical (unpaired) electrons. The van der Waals surface area contributed by atoms with Gasteiger partial charge in [-0.3, -0.25) is 15.0 Å². The molecule has 4 heteroatoms. The summed E-state index contributed by atoms with van der Waals surface area (Å²) >= 11 is 0. The number of nitrogens with zero attached hydrogens (tertiary/aromatic N) is 3. The number of aromatic nitrogens is 3. The van der Waals surface area contributed by atoms with E-state index < -0.39 is 6.10 Å². The van der Waals surface area contributed by atoms with Crippen molar-refractivity contribution in [3.05, 3.63) is 65.9 Å². The van der Waals surface area contributed by atoms with Gasteiger partial charge in [0.25, 0.3) is 0 Å². The Balaban J connectivity index is 2.01. The summed E-state index contributed by atoms with van der Waals surface area (Å²) in [5, 5.41) is 11.3. The molecule has 0 aliphatic rings. The molecule has 0 aliphatic carbocycles. The maximum absolute atomic E-state index is 10.3. The van der Waals surface area contributed by atoms with Gasteiger partial charge in [-0.15, -0.1) is 0 Å². The van der Waals surface area contributed by atoms with E-state index in [4.69, 9.17) is 0 Å². The van der Waals surface area contributed by atoms with Crippen molar-refractivity contribution in [1.82, 2.24) is 15.0 Å². The second-order valence-corrected chi connectivity index (χ2v) is 4.44. The van der Waals surface area contributed by atoms with Crippen molar-refractivity contribution in [2.75, 3.05) is 0 Å². The topological polar surface area (TPSA) is 58.9 Å². The van der Waals surface area contributed by atoms with Gasteiger partial charge < -0.3 is 5.11 Å². The van der Waals surface area contributed by atoms with E-state index in [0.29, 0.717) is 5.69 Å². The largest absolute Gasteiger partial charge is 0.382 e. The summed E-state index contributed by atoms with van der Waals surface area (Å²) in [4.78, 5) is 12.6. The first-order valence-electron chi connectivity index (χ1n) is 6.05. The minimum absolute atomic E-state index is 0.550. The van der Waals surface area contributed by atoms with Crippen LogP contribution in [0.2, 0.25) is 0 Å². The Labute approximate surface area is 110 Å². The quantitative estimate of drug-likeness (QED) is 0.760. The zero-order valence-electron chi connectivity index (χ0n) is 10.5. The van der Waals surface area contributed by atoms with E-state index in [9.17, 15) is 5.11 Å². The molecule has 4 nitrogen and oxygen atoms in total. The Kier molecular flexibility index (Phi) is 2.93. The first kappa shape index (κ1) is 11.7. The van der Waals surface area contributed by atoms with Gasteiger partial charge in [0.05, 0.1) is 23.1 Å². The molecule has 2 aromatic heterocycles. The van der Waals surface area contributed by atoms with E-state index in [0.717, 1.165) is 22.2 Å². The monoisotopic (exact) mass is 251 g/mol. The first-order chi connectivity index (χ1) is 9.24. The van der Waals surface area contributed by atoms with E-state index in [1.165, 1.54) is 0 Å². The smallest absolute Gasteiger partial charge is 0.123 e. The van der Waals surface area contributed by atoms with Crippen molar-refractivity contribution in [1.29, 1.82) is 0 Å². The van der Waals surface area contributed by atoms with Crippen LogP contribution >= 0.6 is 0 Å². The predicted octanol–water partition coefficient (Wildman–Crippen LogP) is 2.41. The third kappa shape index (κ3) is 2.30. The number of pyridine rings is 1. The Bertz CT molecular complexity index is 710. The Morgan fingerprint density at radius 3 is 2.74 bits per heavy atom. The van der Waals surface area contributed by atoms with E-state index in [-0.39, 0.29) is 0 Å². The van der Waals surface area contributed by atoms with Crippen molar-refractivity contribution in [2.45, 2.75) is 13.0 Å². The molecule has 3 rings (SSSR count). The second kappa shape index (κ2) is 4.74. The Hall–Kier alpha value is -2.33. The summed E-state index contributed by atoms with van der Waals surface area (Å²) in [5.41, 5.74) is 3.08. The van der Waals surface area contributed by atoms with Crippen LogP contribution < -0.4 is 0 Å². The standard InChI is InChI=1S/C15H13N3O/c1-10-8-18-14(9-17-10)15(19)12-4-5-13-11(7-12)3-2-6-16-13/h2-9,15,19H,1H3. The van der Waals surface area contributed by atoms with E-state index in [1.54, 1.807) is 18.6 Å². The highest BCUT2D eigenvalue weighted by atomic mass is 16.3. The fourth-order valence-electron chi connectivity index (χ4n) is 1.98. The van der Waals surface area contributed by atoms with Crippen LogP contribution in [0.3, 0.4) is 0 Å². The van der Waals surface area contributed by atoms with Gasteiger partial charge in [-0.1, -0.05) is 12.1 Å². The molecule has 1 unspecified atom stereocenters. The SMILES string of the molecule is Cc1cnc(C(O)c2ccc3ncccc3c2)cn1. The summed E-state index contributed by atoms with van der Waals surface area (Å²) in [6, 6.07) is 9.54. The van der Waals surface area contributed by atoms with Crippen LogP contribution in [0.1, 0.15) is 23.1 Å². The summed E-state index contributed by atoms with van der Waals surface area (Å²) < 4.78 is 0. The lowest BCUT2D eigenvalue weighted by Crippen LogP contribution is -2.03. The highest BCUT2D eigenvalue weighted by Gasteiger charge is 2.12. The third-order valence-corrected chi connectivity index (χ3v) is 3.02.